The normalized spacial score (nSPS) is 14.9. The van der Waals surface area contributed by atoms with E-state index in [0.717, 1.165) is 13.1 Å². The second-order valence-electron chi connectivity index (χ2n) is 4.69. The van der Waals surface area contributed by atoms with Crippen molar-refractivity contribution in [2.24, 2.45) is 0 Å². The Labute approximate surface area is 105 Å². The van der Waals surface area contributed by atoms with Gasteiger partial charge in [-0.25, -0.2) is 0 Å². The quantitative estimate of drug-likeness (QED) is 0.786. The standard InChI is InChI=1S/C14H25N3/c1-5-17(13(3)10-12(2)15-4)11-14-6-8-16-9-7-14/h6-9,12-13,15H,5,10-11H2,1-4H3. The molecule has 0 spiro atoms. The molecule has 0 aliphatic heterocycles. The molecule has 0 bridgehead atoms. The summed E-state index contributed by atoms with van der Waals surface area (Å²) in [6.07, 6.45) is 4.91. The summed E-state index contributed by atoms with van der Waals surface area (Å²) in [5, 5.41) is 3.30. The molecule has 17 heavy (non-hydrogen) atoms. The van der Waals surface area contributed by atoms with Gasteiger partial charge in [0.1, 0.15) is 0 Å². The van der Waals surface area contributed by atoms with Crippen LogP contribution in [0.25, 0.3) is 0 Å². The number of hydrogen-bond acceptors (Lipinski definition) is 3. The summed E-state index contributed by atoms with van der Waals surface area (Å²) in [7, 11) is 2.02. The molecule has 2 unspecified atom stereocenters. The Kier molecular flexibility index (Phi) is 6.16. The highest BCUT2D eigenvalue weighted by Gasteiger charge is 2.14. The maximum atomic E-state index is 4.06. The van der Waals surface area contributed by atoms with Crippen molar-refractivity contribution in [3.8, 4) is 0 Å². The summed E-state index contributed by atoms with van der Waals surface area (Å²) in [6, 6.07) is 5.35. The van der Waals surface area contributed by atoms with E-state index in [0.29, 0.717) is 12.1 Å². The van der Waals surface area contributed by atoms with E-state index in [4.69, 9.17) is 0 Å². The van der Waals surface area contributed by atoms with Crippen LogP contribution in [0.5, 0.6) is 0 Å². The van der Waals surface area contributed by atoms with E-state index in [1.807, 2.05) is 19.4 Å². The molecule has 0 amide bonds. The number of hydrogen-bond donors (Lipinski definition) is 1. The van der Waals surface area contributed by atoms with Gasteiger partial charge in [-0.1, -0.05) is 6.92 Å². The highest BCUT2D eigenvalue weighted by Crippen LogP contribution is 2.11. The minimum atomic E-state index is 0.566. The summed E-state index contributed by atoms with van der Waals surface area (Å²) < 4.78 is 0. The van der Waals surface area contributed by atoms with Crippen LogP contribution in [0, 0.1) is 0 Å². The summed E-state index contributed by atoms with van der Waals surface area (Å²) in [5.74, 6) is 0. The molecule has 1 rings (SSSR count). The second kappa shape index (κ2) is 7.41. The predicted octanol–water partition coefficient (Wildman–Crippen LogP) is 2.29. The smallest absolute Gasteiger partial charge is 0.0271 e. The van der Waals surface area contributed by atoms with Gasteiger partial charge in [0.2, 0.25) is 0 Å². The summed E-state index contributed by atoms with van der Waals surface area (Å²) in [5.41, 5.74) is 1.34. The zero-order valence-corrected chi connectivity index (χ0v) is 11.5. The van der Waals surface area contributed by atoms with E-state index < -0.39 is 0 Å². The lowest BCUT2D eigenvalue weighted by atomic mass is 10.1. The number of rotatable bonds is 7. The van der Waals surface area contributed by atoms with Gasteiger partial charge in [-0.05, 0) is 51.6 Å². The van der Waals surface area contributed by atoms with Crippen LogP contribution < -0.4 is 5.32 Å². The van der Waals surface area contributed by atoms with Crippen LogP contribution in [0.1, 0.15) is 32.8 Å². The zero-order chi connectivity index (χ0) is 12.7. The highest BCUT2D eigenvalue weighted by atomic mass is 15.1. The van der Waals surface area contributed by atoms with Crippen molar-refractivity contribution < 1.29 is 0 Å². The molecule has 3 heteroatoms. The van der Waals surface area contributed by atoms with Gasteiger partial charge in [0.15, 0.2) is 0 Å². The lowest BCUT2D eigenvalue weighted by Gasteiger charge is -2.29. The molecular weight excluding hydrogens is 210 g/mol. The van der Waals surface area contributed by atoms with Crippen LogP contribution in [-0.4, -0.2) is 35.6 Å². The second-order valence-corrected chi connectivity index (χ2v) is 4.69. The monoisotopic (exact) mass is 235 g/mol. The molecule has 1 aromatic rings. The van der Waals surface area contributed by atoms with Crippen molar-refractivity contribution >= 4 is 0 Å². The SMILES string of the molecule is CCN(Cc1ccncc1)C(C)CC(C)NC. The number of aromatic nitrogens is 1. The molecule has 1 N–H and O–H groups in total. The zero-order valence-electron chi connectivity index (χ0n) is 11.5. The molecule has 0 aliphatic rings. The third-order valence-corrected chi connectivity index (χ3v) is 3.35. The van der Waals surface area contributed by atoms with Crippen LogP contribution in [0.3, 0.4) is 0 Å². The minimum absolute atomic E-state index is 0.566. The van der Waals surface area contributed by atoms with E-state index in [-0.39, 0.29) is 0 Å². The predicted molar refractivity (Wildman–Crippen MR) is 72.9 cm³/mol. The van der Waals surface area contributed by atoms with Gasteiger partial charge < -0.3 is 5.32 Å². The molecule has 2 atom stereocenters. The van der Waals surface area contributed by atoms with Gasteiger partial charge in [-0.3, -0.25) is 9.88 Å². The van der Waals surface area contributed by atoms with Crippen molar-refractivity contribution in [3.05, 3.63) is 30.1 Å². The average molecular weight is 235 g/mol. The first-order valence-corrected chi connectivity index (χ1v) is 6.47. The lowest BCUT2D eigenvalue weighted by Crippen LogP contribution is -2.37. The summed E-state index contributed by atoms with van der Waals surface area (Å²) >= 11 is 0. The Morgan fingerprint density at radius 3 is 2.47 bits per heavy atom. The Morgan fingerprint density at radius 2 is 1.94 bits per heavy atom. The molecular formula is C14H25N3. The summed E-state index contributed by atoms with van der Waals surface area (Å²) in [6.45, 7) is 8.85. The van der Waals surface area contributed by atoms with Crippen molar-refractivity contribution in [1.82, 2.24) is 15.2 Å². The van der Waals surface area contributed by atoms with Crippen LogP contribution in [-0.2, 0) is 6.54 Å². The molecule has 0 radical (unpaired) electrons. The van der Waals surface area contributed by atoms with E-state index in [2.05, 4.69) is 48.1 Å². The van der Waals surface area contributed by atoms with Crippen molar-refractivity contribution in [3.63, 3.8) is 0 Å². The van der Waals surface area contributed by atoms with Gasteiger partial charge in [-0.15, -0.1) is 0 Å². The topological polar surface area (TPSA) is 28.2 Å². The molecule has 0 saturated carbocycles. The number of nitrogens with one attached hydrogen (secondary N) is 1. The Morgan fingerprint density at radius 1 is 1.29 bits per heavy atom. The van der Waals surface area contributed by atoms with E-state index in [9.17, 15) is 0 Å². The van der Waals surface area contributed by atoms with Crippen LogP contribution in [0.4, 0.5) is 0 Å². The van der Waals surface area contributed by atoms with E-state index in [1.54, 1.807) is 0 Å². The molecule has 3 nitrogen and oxygen atoms in total. The van der Waals surface area contributed by atoms with Crippen LogP contribution in [0.2, 0.25) is 0 Å². The molecule has 1 aromatic heterocycles. The van der Waals surface area contributed by atoms with Gasteiger partial charge >= 0.3 is 0 Å². The number of nitrogens with zero attached hydrogens (tertiary/aromatic N) is 2. The Hall–Kier alpha value is -0.930. The maximum absolute atomic E-state index is 4.06. The van der Waals surface area contributed by atoms with Crippen LogP contribution in [0.15, 0.2) is 24.5 Å². The van der Waals surface area contributed by atoms with Gasteiger partial charge in [0.05, 0.1) is 0 Å². The van der Waals surface area contributed by atoms with Gasteiger partial charge in [-0.2, -0.15) is 0 Å². The molecule has 1 heterocycles. The van der Waals surface area contributed by atoms with Crippen molar-refractivity contribution in [1.29, 1.82) is 0 Å². The fourth-order valence-electron chi connectivity index (χ4n) is 2.08. The Bertz CT molecular complexity index is 300. The fraction of sp³-hybridized carbons (Fsp3) is 0.643. The molecule has 96 valence electrons. The van der Waals surface area contributed by atoms with Gasteiger partial charge in [0, 0.05) is 31.0 Å². The highest BCUT2D eigenvalue weighted by molar-refractivity contribution is 5.09. The molecule has 0 saturated heterocycles. The minimum Gasteiger partial charge on any atom is -0.317 e. The largest absolute Gasteiger partial charge is 0.317 e. The van der Waals surface area contributed by atoms with E-state index in [1.165, 1.54) is 12.0 Å². The first kappa shape index (κ1) is 14.1. The first-order chi connectivity index (χ1) is 8.17. The van der Waals surface area contributed by atoms with Crippen molar-refractivity contribution in [2.45, 2.75) is 45.8 Å². The lowest BCUT2D eigenvalue weighted by molar-refractivity contribution is 0.191. The van der Waals surface area contributed by atoms with Gasteiger partial charge in [0.25, 0.3) is 0 Å². The third kappa shape index (κ3) is 4.84. The summed E-state index contributed by atoms with van der Waals surface area (Å²) in [4.78, 5) is 6.56. The first-order valence-electron chi connectivity index (χ1n) is 6.47. The van der Waals surface area contributed by atoms with Crippen LogP contribution >= 0.6 is 0 Å². The molecule has 0 aliphatic carbocycles. The van der Waals surface area contributed by atoms with Crippen molar-refractivity contribution in [2.75, 3.05) is 13.6 Å². The third-order valence-electron chi connectivity index (χ3n) is 3.35. The number of pyridine rings is 1. The average Bonchev–Trinajstić information content (AvgIpc) is 2.36. The van der Waals surface area contributed by atoms with E-state index >= 15 is 0 Å². The molecule has 0 fully saturated rings. The Balaban J connectivity index is 2.53. The fourth-order valence-corrected chi connectivity index (χ4v) is 2.08. The maximum Gasteiger partial charge on any atom is 0.0271 e. The molecule has 0 aromatic carbocycles.